The summed E-state index contributed by atoms with van der Waals surface area (Å²) in [5.74, 6) is 1.79. The highest BCUT2D eigenvalue weighted by Crippen LogP contribution is 2.32. The van der Waals surface area contributed by atoms with Crippen LogP contribution >= 0.6 is 0 Å². The fourth-order valence-electron chi connectivity index (χ4n) is 1.93. The number of nitrogens with two attached hydrogens (primary N) is 1. The number of anilines is 1. The topological polar surface area (TPSA) is 68.2 Å². The molecule has 1 aliphatic rings. The Morgan fingerprint density at radius 1 is 1.53 bits per heavy atom. The average molecular weight is 210 g/mol. The summed E-state index contributed by atoms with van der Waals surface area (Å²) in [6.45, 7) is 2.94. The lowest BCUT2D eigenvalue weighted by molar-refractivity contribution is 0.353. The molecule has 0 saturated heterocycles. The van der Waals surface area contributed by atoms with Crippen molar-refractivity contribution in [2.75, 3.05) is 18.5 Å². The smallest absolute Gasteiger partial charge is 0.265 e. The summed E-state index contributed by atoms with van der Waals surface area (Å²) in [7, 11) is 1.95. The molecule has 0 aliphatic heterocycles. The van der Waals surface area contributed by atoms with Gasteiger partial charge in [0.15, 0.2) is 0 Å². The minimum absolute atomic E-state index is 0.300. The monoisotopic (exact) mass is 210 g/mol. The second-order valence-corrected chi connectivity index (χ2v) is 4.22. The summed E-state index contributed by atoms with van der Waals surface area (Å²) in [6.07, 6.45) is 3.10. The summed E-state index contributed by atoms with van der Waals surface area (Å²) < 4.78 is 5.26. The van der Waals surface area contributed by atoms with Crippen LogP contribution in [0.3, 0.4) is 0 Å². The Morgan fingerprint density at radius 3 is 2.93 bits per heavy atom. The van der Waals surface area contributed by atoms with Gasteiger partial charge in [0.2, 0.25) is 5.89 Å². The van der Waals surface area contributed by atoms with E-state index in [4.69, 9.17) is 10.3 Å². The Kier molecular flexibility index (Phi) is 2.90. The molecule has 1 aromatic rings. The van der Waals surface area contributed by atoms with Gasteiger partial charge in [-0.1, -0.05) is 0 Å². The van der Waals surface area contributed by atoms with E-state index in [9.17, 15) is 0 Å². The standard InChI is InChI=1S/C10H18N4O/c1-3-14(2)10-12-9(15-13-10)7-4-5-8(11)6-7/h7-8H,3-6,11H2,1-2H3. The summed E-state index contributed by atoms with van der Waals surface area (Å²) in [6, 6.07) is 0.300. The molecular weight excluding hydrogens is 192 g/mol. The van der Waals surface area contributed by atoms with Gasteiger partial charge in [-0.25, -0.2) is 0 Å². The van der Waals surface area contributed by atoms with Gasteiger partial charge in [0, 0.05) is 25.6 Å². The first kappa shape index (κ1) is 10.4. The molecule has 84 valence electrons. The summed E-state index contributed by atoms with van der Waals surface area (Å²) in [4.78, 5) is 6.35. The highest BCUT2D eigenvalue weighted by molar-refractivity contribution is 5.25. The van der Waals surface area contributed by atoms with E-state index in [1.807, 2.05) is 11.9 Å². The molecule has 1 saturated carbocycles. The van der Waals surface area contributed by atoms with Crippen LogP contribution in [0.15, 0.2) is 4.52 Å². The molecule has 2 rings (SSSR count). The van der Waals surface area contributed by atoms with E-state index in [1.165, 1.54) is 0 Å². The number of nitrogens with zero attached hydrogens (tertiary/aromatic N) is 3. The van der Waals surface area contributed by atoms with Crippen LogP contribution in [0.25, 0.3) is 0 Å². The zero-order chi connectivity index (χ0) is 10.8. The van der Waals surface area contributed by atoms with Crippen LogP contribution in [0.4, 0.5) is 5.95 Å². The second-order valence-electron chi connectivity index (χ2n) is 4.22. The van der Waals surface area contributed by atoms with Crippen molar-refractivity contribution in [1.29, 1.82) is 0 Å². The van der Waals surface area contributed by atoms with Crippen LogP contribution in [0, 0.1) is 0 Å². The lowest BCUT2D eigenvalue weighted by Gasteiger charge is -2.09. The van der Waals surface area contributed by atoms with Crippen molar-refractivity contribution in [2.24, 2.45) is 5.73 Å². The number of hydrogen-bond donors (Lipinski definition) is 1. The van der Waals surface area contributed by atoms with Gasteiger partial charge in [0.05, 0.1) is 0 Å². The fourth-order valence-corrected chi connectivity index (χ4v) is 1.93. The quantitative estimate of drug-likeness (QED) is 0.809. The zero-order valence-electron chi connectivity index (χ0n) is 9.31. The maximum absolute atomic E-state index is 5.85. The molecule has 2 unspecified atom stereocenters. The average Bonchev–Trinajstić information content (AvgIpc) is 2.84. The number of hydrogen-bond acceptors (Lipinski definition) is 5. The summed E-state index contributed by atoms with van der Waals surface area (Å²) >= 11 is 0. The van der Waals surface area contributed by atoms with E-state index in [0.29, 0.717) is 17.9 Å². The van der Waals surface area contributed by atoms with E-state index in [0.717, 1.165) is 31.7 Å². The van der Waals surface area contributed by atoms with E-state index in [-0.39, 0.29) is 0 Å². The van der Waals surface area contributed by atoms with Crippen LogP contribution in [0.2, 0.25) is 0 Å². The van der Waals surface area contributed by atoms with Gasteiger partial charge in [0.25, 0.3) is 5.95 Å². The van der Waals surface area contributed by atoms with Gasteiger partial charge in [-0.2, -0.15) is 4.98 Å². The van der Waals surface area contributed by atoms with Crippen molar-refractivity contribution in [3.05, 3.63) is 5.89 Å². The molecule has 5 nitrogen and oxygen atoms in total. The van der Waals surface area contributed by atoms with E-state index >= 15 is 0 Å². The molecule has 0 bridgehead atoms. The normalized spacial score (nSPS) is 25.8. The molecule has 15 heavy (non-hydrogen) atoms. The molecule has 0 amide bonds. The van der Waals surface area contributed by atoms with Gasteiger partial charge in [-0.05, 0) is 31.3 Å². The maximum Gasteiger partial charge on any atom is 0.265 e. The number of rotatable bonds is 3. The van der Waals surface area contributed by atoms with Gasteiger partial charge < -0.3 is 15.2 Å². The Hall–Kier alpha value is -1.10. The molecule has 0 aromatic carbocycles. The number of aromatic nitrogens is 2. The van der Waals surface area contributed by atoms with Gasteiger partial charge in [0.1, 0.15) is 0 Å². The first-order valence-corrected chi connectivity index (χ1v) is 5.51. The highest BCUT2D eigenvalue weighted by atomic mass is 16.5. The van der Waals surface area contributed by atoms with Crippen molar-refractivity contribution >= 4 is 5.95 Å². The predicted octanol–water partition coefficient (Wildman–Crippen LogP) is 1.12. The van der Waals surface area contributed by atoms with Crippen molar-refractivity contribution < 1.29 is 4.52 Å². The Morgan fingerprint density at radius 2 is 2.33 bits per heavy atom. The Bertz CT molecular complexity index is 325. The largest absolute Gasteiger partial charge is 0.342 e. The third-order valence-electron chi connectivity index (χ3n) is 3.07. The Balaban J connectivity index is 2.07. The summed E-state index contributed by atoms with van der Waals surface area (Å²) in [5, 5.41) is 3.96. The van der Waals surface area contributed by atoms with E-state index in [2.05, 4.69) is 17.1 Å². The van der Waals surface area contributed by atoms with Crippen LogP contribution in [0.5, 0.6) is 0 Å². The molecule has 0 radical (unpaired) electrons. The van der Waals surface area contributed by atoms with Crippen molar-refractivity contribution in [3.8, 4) is 0 Å². The third kappa shape index (κ3) is 2.12. The summed E-state index contributed by atoms with van der Waals surface area (Å²) in [5.41, 5.74) is 5.85. The zero-order valence-corrected chi connectivity index (χ0v) is 9.31. The minimum atomic E-state index is 0.300. The molecule has 1 aromatic heterocycles. The van der Waals surface area contributed by atoms with Crippen LogP contribution in [0.1, 0.15) is 38.0 Å². The molecule has 1 aliphatic carbocycles. The van der Waals surface area contributed by atoms with Gasteiger partial charge in [-0.3, -0.25) is 0 Å². The maximum atomic E-state index is 5.85. The lowest BCUT2D eigenvalue weighted by atomic mass is 10.1. The first-order chi connectivity index (χ1) is 7.20. The molecule has 1 heterocycles. The van der Waals surface area contributed by atoms with Crippen molar-refractivity contribution in [2.45, 2.75) is 38.1 Å². The first-order valence-electron chi connectivity index (χ1n) is 5.51. The van der Waals surface area contributed by atoms with Crippen LogP contribution < -0.4 is 10.6 Å². The van der Waals surface area contributed by atoms with E-state index in [1.54, 1.807) is 0 Å². The third-order valence-corrected chi connectivity index (χ3v) is 3.07. The molecule has 1 fully saturated rings. The van der Waals surface area contributed by atoms with Crippen molar-refractivity contribution in [1.82, 2.24) is 10.1 Å². The molecular formula is C10H18N4O. The van der Waals surface area contributed by atoms with Crippen LogP contribution in [-0.4, -0.2) is 29.8 Å². The molecule has 0 spiro atoms. The van der Waals surface area contributed by atoms with Crippen molar-refractivity contribution in [3.63, 3.8) is 0 Å². The molecule has 5 heteroatoms. The molecule has 2 N–H and O–H groups in total. The van der Waals surface area contributed by atoms with Gasteiger partial charge in [-0.15, -0.1) is 0 Å². The SMILES string of the molecule is CCN(C)c1noc(C2CCC(N)C2)n1. The second kappa shape index (κ2) is 4.18. The highest BCUT2D eigenvalue weighted by Gasteiger charge is 2.28. The minimum Gasteiger partial charge on any atom is -0.342 e. The molecule has 2 atom stereocenters. The lowest BCUT2D eigenvalue weighted by Crippen LogP contribution is -2.17. The van der Waals surface area contributed by atoms with Crippen LogP contribution in [-0.2, 0) is 0 Å². The van der Waals surface area contributed by atoms with E-state index < -0.39 is 0 Å². The van der Waals surface area contributed by atoms with Gasteiger partial charge >= 0.3 is 0 Å². The Labute approximate surface area is 89.6 Å². The fraction of sp³-hybridized carbons (Fsp3) is 0.800. The predicted molar refractivity (Wildman–Crippen MR) is 57.8 cm³/mol.